The second-order valence-corrected chi connectivity index (χ2v) is 6.63. The molecule has 0 saturated heterocycles. The van der Waals surface area contributed by atoms with E-state index in [1.165, 1.54) is 16.7 Å². The number of hydrogen-bond acceptors (Lipinski definition) is 0. The van der Waals surface area contributed by atoms with Crippen molar-refractivity contribution in [2.24, 2.45) is 0 Å². The van der Waals surface area contributed by atoms with Gasteiger partial charge >= 0.3 is 0 Å². The number of aryl methyl sites for hydroxylation is 2. The van der Waals surface area contributed by atoms with E-state index in [1.54, 1.807) is 0 Å². The van der Waals surface area contributed by atoms with Crippen LogP contribution in [0.4, 0.5) is 0 Å². The van der Waals surface area contributed by atoms with Gasteiger partial charge in [0.2, 0.25) is 0 Å². The van der Waals surface area contributed by atoms with Gasteiger partial charge < -0.3 is 0 Å². The SMILES string of the molecule is Cc1ccc(C)c(C(Br)c2ccc(Br)cc2Cl)c1. The highest BCUT2D eigenvalue weighted by Gasteiger charge is 2.16. The Hall–Kier alpha value is -0.310. The van der Waals surface area contributed by atoms with Crippen LogP contribution in [-0.2, 0) is 0 Å². The predicted molar refractivity (Wildman–Crippen MR) is 85.8 cm³/mol. The van der Waals surface area contributed by atoms with Crippen molar-refractivity contribution in [3.63, 3.8) is 0 Å². The van der Waals surface area contributed by atoms with E-state index in [1.807, 2.05) is 18.2 Å². The molecular weight excluding hydrogens is 375 g/mol. The van der Waals surface area contributed by atoms with Gasteiger partial charge in [0.15, 0.2) is 0 Å². The van der Waals surface area contributed by atoms with Gasteiger partial charge in [0.05, 0.1) is 4.83 Å². The van der Waals surface area contributed by atoms with Crippen molar-refractivity contribution in [3.8, 4) is 0 Å². The molecule has 0 spiro atoms. The Morgan fingerprint density at radius 1 is 1.00 bits per heavy atom. The lowest BCUT2D eigenvalue weighted by molar-refractivity contribution is 1.13. The average molecular weight is 389 g/mol. The van der Waals surface area contributed by atoms with Gasteiger partial charge in [0.1, 0.15) is 0 Å². The monoisotopic (exact) mass is 386 g/mol. The summed E-state index contributed by atoms with van der Waals surface area (Å²) in [6, 6.07) is 12.5. The molecule has 2 rings (SSSR count). The molecule has 0 fully saturated rings. The maximum absolute atomic E-state index is 6.31. The first-order chi connectivity index (χ1) is 8.49. The fourth-order valence-electron chi connectivity index (χ4n) is 1.91. The van der Waals surface area contributed by atoms with Gasteiger partial charge in [0.25, 0.3) is 0 Å². The summed E-state index contributed by atoms with van der Waals surface area (Å²) < 4.78 is 0.997. The van der Waals surface area contributed by atoms with Crippen LogP contribution in [0.15, 0.2) is 40.9 Å². The summed E-state index contributed by atoms with van der Waals surface area (Å²) in [6.07, 6.45) is 0. The standard InChI is InChI=1S/C15H13Br2Cl/c1-9-3-4-10(2)13(7-9)15(17)12-6-5-11(16)8-14(12)18/h3-8,15H,1-2H3. The summed E-state index contributed by atoms with van der Waals surface area (Å²) >= 11 is 13.5. The Labute approximate surface area is 130 Å². The van der Waals surface area contributed by atoms with E-state index in [0.717, 1.165) is 15.1 Å². The molecule has 94 valence electrons. The minimum absolute atomic E-state index is 0.123. The Bertz CT molecular complexity index is 579. The Kier molecular flexibility index (Phi) is 4.52. The van der Waals surface area contributed by atoms with Gasteiger partial charge in [0, 0.05) is 9.50 Å². The molecule has 0 aliphatic rings. The molecule has 0 radical (unpaired) electrons. The normalized spacial score (nSPS) is 12.5. The molecule has 1 unspecified atom stereocenters. The molecule has 0 saturated carbocycles. The van der Waals surface area contributed by atoms with Crippen LogP contribution in [0, 0.1) is 13.8 Å². The van der Waals surface area contributed by atoms with Gasteiger partial charge in [-0.15, -0.1) is 0 Å². The molecule has 0 aliphatic carbocycles. The van der Waals surface area contributed by atoms with E-state index in [9.17, 15) is 0 Å². The third-order valence-corrected chi connectivity index (χ3v) is 4.75. The number of benzene rings is 2. The van der Waals surface area contributed by atoms with E-state index in [-0.39, 0.29) is 4.83 Å². The largest absolute Gasteiger partial charge is 0.0839 e. The van der Waals surface area contributed by atoms with Crippen molar-refractivity contribution in [2.75, 3.05) is 0 Å². The zero-order valence-corrected chi connectivity index (χ0v) is 14.1. The number of rotatable bonds is 2. The molecule has 0 amide bonds. The Balaban J connectivity index is 2.47. The van der Waals surface area contributed by atoms with E-state index in [4.69, 9.17) is 11.6 Å². The van der Waals surface area contributed by atoms with Crippen molar-refractivity contribution in [2.45, 2.75) is 18.7 Å². The molecule has 0 heterocycles. The topological polar surface area (TPSA) is 0 Å². The molecule has 0 bridgehead atoms. The summed E-state index contributed by atoms with van der Waals surface area (Å²) in [4.78, 5) is 0.123. The lowest BCUT2D eigenvalue weighted by Crippen LogP contribution is -1.97. The zero-order valence-electron chi connectivity index (χ0n) is 10.2. The van der Waals surface area contributed by atoms with Crippen LogP contribution in [-0.4, -0.2) is 0 Å². The van der Waals surface area contributed by atoms with E-state index in [0.29, 0.717) is 0 Å². The van der Waals surface area contributed by atoms with E-state index >= 15 is 0 Å². The first kappa shape index (κ1) is 14.1. The number of alkyl halides is 1. The van der Waals surface area contributed by atoms with Crippen molar-refractivity contribution >= 4 is 43.5 Å². The van der Waals surface area contributed by atoms with E-state index < -0.39 is 0 Å². The van der Waals surface area contributed by atoms with Crippen molar-refractivity contribution in [3.05, 3.63) is 68.1 Å². The molecule has 3 heteroatoms. The third kappa shape index (κ3) is 2.98. The van der Waals surface area contributed by atoms with Crippen LogP contribution in [0.25, 0.3) is 0 Å². The second-order valence-electron chi connectivity index (χ2n) is 4.39. The highest BCUT2D eigenvalue weighted by molar-refractivity contribution is 9.10. The second kappa shape index (κ2) is 5.77. The van der Waals surface area contributed by atoms with Gasteiger partial charge in [-0.25, -0.2) is 0 Å². The summed E-state index contributed by atoms with van der Waals surface area (Å²) in [7, 11) is 0. The lowest BCUT2D eigenvalue weighted by atomic mass is 9.98. The quantitative estimate of drug-likeness (QED) is 0.537. The fraction of sp³-hybridized carbons (Fsp3) is 0.200. The predicted octanol–water partition coefficient (Wildman–Crippen LogP) is 6.20. The van der Waals surface area contributed by atoms with Gasteiger partial charge in [-0.1, -0.05) is 73.3 Å². The van der Waals surface area contributed by atoms with Crippen molar-refractivity contribution in [1.82, 2.24) is 0 Å². The van der Waals surface area contributed by atoms with Crippen LogP contribution >= 0.6 is 43.5 Å². The van der Waals surface area contributed by atoms with E-state index in [2.05, 4.69) is 63.9 Å². The van der Waals surface area contributed by atoms with Crippen molar-refractivity contribution < 1.29 is 0 Å². The van der Waals surface area contributed by atoms with Crippen LogP contribution in [0.1, 0.15) is 27.1 Å². The third-order valence-electron chi connectivity index (χ3n) is 2.94. The summed E-state index contributed by atoms with van der Waals surface area (Å²) in [6.45, 7) is 4.22. The first-order valence-corrected chi connectivity index (χ1v) is 7.74. The minimum Gasteiger partial charge on any atom is -0.0839 e. The highest BCUT2D eigenvalue weighted by atomic mass is 79.9. The maximum Gasteiger partial charge on any atom is 0.0661 e. The molecule has 2 aromatic rings. The summed E-state index contributed by atoms with van der Waals surface area (Å²) in [5.74, 6) is 0. The minimum atomic E-state index is 0.123. The van der Waals surface area contributed by atoms with Crippen LogP contribution in [0.2, 0.25) is 5.02 Å². The maximum atomic E-state index is 6.31. The van der Waals surface area contributed by atoms with Crippen molar-refractivity contribution in [1.29, 1.82) is 0 Å². The lowest BCUT2D eigenvalue weighted by Gasteiger charge is -2.16. The molecule has 0 nitrogen and oxygen atoms in total. The van der Waals surface area contributed by atoms with Crippen LogP contribution in [0.5, 0.6) is 0 Å². The molecule has 18 heavy (non-hydrogen) atoms. The zero-order chi connectivity index (χ0) is 13.3. The average Bonchev–Trinajstić information content (AvgIpc) is 2.31. The van der Waals surface area contributed by atoms with Gasteiger partial charge in [-0.3, -0.25) is 0 Å². The summed E-state index contributed by atoms with van der Waals surface area (Å²) in [5, 5.41) is 0.771. The molecule has 2 aromatic carbocycles. The van der Waals surface area contributed by atoms with Crippen LogP contribution < -0.4 is 0 Å². The van der Waals surface area contributed by atoms with Gasteiger partial charge in [-0.2, -0.15) is 0 Å². The first-order valence-electron chi connectivity index (χ1n) is 5.65. The molecule has 1 atom stereocenters. The number of hydrogen-bond donors (Lipinski definition) is 0. The molecular formula is C15H13Br2Cl. The van der Waals surface area contributed by atoms with Crippen LogP contribution in [0.3, 0.4) is 0 Å². The summed E-state index contributed by atoms with van der Waals surface area (Å²) in [5.41, 5.74) is 4.88. The molecule has 0 aromatic heterocycles. The Morgan fingerprint density at radius 2 is 1.72 bits per heavy atom. The highest BCUT2D eigenvalue weighted by Crippen LogP contribution is 2.37. The Morgan fingerprint density at radius 3 is 2.39 bits per heavy atom. The smallest absolute Gasteiger partial charge is 0.0661 e. The molecule has 0 aliphatic heterocycles. The number of halogens is 3. The fourth-order valence-corrected chi connectivity index (χ4v) is 3.71. The molecule has 0 N–H and O–H groups in total. The van der Waals surface area contributed by atoms with Gasteiger partial charge in [-0.05, 0) is 42.7 Å².